The number of ether oxygens (including phenoxy) is 1. The molecule has 32 heavy (non-hydrogen) atoms. The molecule has 0 bridgehead atoms. The molecule has 2 heterocycles. The molecule has 0 fully saturated rings. The standard InChI is InChI=1S/C24H24N4O4/c1-14-4-9-20-17(12-14)13-19(24(30)26-20)23-27-22(32-28-23)11-10-21(29)25-15(2)16-5-7-18(31-3)8-6-16/h4-9,12-13,15H,10-11H2,1-3H3,(H,25,29)(H,26,30)/t15-/m0/s1. The number of aryl methyl sites for hydroxylation is 2. The fraction of sp³-hybridized carbons (Fsp3) is 0.250. The summed E-state index contributed by atoms with van der Waals surface area (Å²) < 4.78 is 10.4. The lowest BCUT2D eigenvalue weighted by Gasteiger charge is -2.14. The molecule has 1 atom stereocenters. The summed E-state index contributed by atoms with van der Waals surface area (Å²) >= 11 is 0. The van der Waals surface area contributed by atoms with Crippen LogP contribution in [0.3, 0.4) is 0 Å². The lowest BCUT2D eigenvalue weighted by Crippen LogP contribution is -2.26. The number of aromatic nitrogens is 3. The summed E-state index contributed by atoms with van der Waals surface area (Å²) in [5, 5.41) is 7.77. The average Bonchev–Trinajstić information content (AvgIpc) is 3.26. The number of nitrogens with one attached hydrogen (secondary N) is 2. The number of benzene rings is 2. The first-order valence-electron chi connectivity index (χ1n) is 10.3. The van der Waals surface area contributed by atoms with Crippen LogP contribution in [-0.4, -0.2) is 28.1 Å². The monoisotopic (exact) mass is 432 g/mol. The molecule has 2 aromatic carbocycles. The van der Waals surface area contributed by atoms with Gasteiger partial charge in [-0.1, -0.05) is 28.9 Å². The lowest BCUT2D eigenvalue weighted by atomic mass is 10.1. The molecule has 0 radical (unpaired) electrons. The number of hydrogen-bond donors (Lipinski definition) is 2. The van der Waals surface area contributed by atoms with Crippen LogP contribution in [0.5, 0.6) is 5.75 Å². The summed E-state index contributed by atoms with van der Waals surface area (Å²) in [4.78, 5) is 31.9. The van der Waals surface area contributed by atoms with E-state index in [4.69, 9.17) is 9.26 Å². The van der Waals surface area contributed by atoms with Crippen molar-refractivity contribution in [3.63, 3.8) is 0 Å². The molecule has 4 aromatic rings. The third kappa shape index (κ3) is 4.69. The molecular weight excluding hydrogens is 408 g/mol. The molecule has 0 aliphatic heterocycles. The number of H-pyrrole nitrogens is 1. The maximum Gasteiger partial charge on any atom is 0.259 e. The summed E-state index contributed by atoms with van der Waals surface area (Å²) in [5.41, 5.74) is 2.84. The zero-order chi connectivity index (χ0) is 22.7. The van der Waals surface area contributed by atoms with Gasteiger partial charge in [-0.2, -0.15) is 4.98 Å². The number of fused-ring (bicyclic) bond motifs is 1. The Kier molecular flexibility index (Phi) is 6.02. The molecular formula is C24H24N4O4. The van der Waals surface area contributed by atoms with Crippen LogP contribution in [0.1, 0.15) is 36.4 Å². The number of aromatic amines is 1. The molecule has 4 rings (SSSR count). The predicted molar refractivity (Wildman–Crippen MR) is 120 cm³/mol. The van der Waals surface area contributed by atoms with E-state index in [2.05, 4.69) is 20.4 Å². The van der Waals surface area contributed by atoms with Crippen LogP contribution in [0.4, 0.5) is 0 Å². The van der Waals surface area contributed by atoms with Crippen LogP contribution in [-0.2, 0) is 11.2 Å². The topological polar surface area (TPSA) is 110 Å². The maximum atomic E-state index is 12.4. The molecule has 0 aliphatic rings. The van der Waals surface area contributed by atoms with Crippen molar-refractivity contribution >= 4 is 16.8 Å². The van der Waals surface area contributed by atoms with Gasteiger partial charge in [0.25, 0.3) is 5.56 Å². The van der Waals surface area contributed by atoms with Gasteiger partial charge in [-0.05, 0) is 55.1 Å². The third-order valence-corrected chi connectivity index (χ3v) is 5.27. The molecule has 2 aromatic heterocycles. The van der Waals surface area contributed by atoms with Crippen LogP contribution in [0.15, 0.2) is 57.8 Å². The van der Waals surface area contributed by atoms with Gasteiger partial charge in [-0.15, -0.1) is 0 Å². The number of carbonyl (C=O) groups excluding carboxylic acids is 1. The summed E-state index contributed by atoms with van der Waals surface area (Å²) in [5.74, 6) is 1.14. The van der Waals surface area contributed by atoms with Crippen molar-refractivity contribution < 1.29 is 14.1 Å². The van der Waals surface area contributed by atoms with E-state index in [0.29, 0.717) is 11.5 Å². The summed E-state index contributed by atoms with van der Waals surface area (Å²) in [6.45, 7) is 3.90. The van der Waals surface area contributed by atoms with E-state index in [-0.39, 0.29) is 36.2 Å². The van der Waals surface area contributed by atoms with Gasteiger partial charge in [0.2, 0.25) is 17.6 Å². The van der Waals surface area contributed by atoms with Crippen molar-refractivity contribution in [2.75, 3.05) is 7.11 Å². The fourth-order valence-electron chi connectivity index (χ4n) is 3.47. The molecule has 0 saturated heterocycles. The van der Waals surface area contributed by atoms with Crippen molar-refractivity contribution in [3.05, 3.63) is 75.9 Å². The second-order valence-electron chi connectivity index (χ2n) is 7.68. The molecule has 8 nitrogen and oxygen atoms in total. The molecule has 1 amide bonds. The largest absolute Gasteiger partial charge is 0.497 e. The SMILES string of the molecule is COc1ccc([C@H](C)NC(=O)CCc2nc(-c3cc4cc(C)ccc4[nH]c3=O)no2)cc1. The van der Waals surface area contributed by atoms with Crippen molar-refractivity contribution in [1.82, 2.24) is 20.4 Å². The van der Waals surface area contributed by atoms with E-state index < -0.39 is 0 Å². The van der Waals surface area contributed by atoms with Crippen LogP contribution >= 0.6 is 0 Å². The van der Waals surface area contributed by atoms with Gasteiger partial charge in [0.05, 0.1) is 18.7 Å². The minimum atomic E-state index is -0.292. The van der Waals surface area contributed by atoms with Gasteiger partial charge in [0.15, 0.2) is 0 Å². The average molecular weight is 432 g/mol. The van der Waals surface area contributed by atoms with Gasteiger partial charge in [0.1, 0.15) is 5.75 Å². The van der Waals surface area contributed by atoms with Crippen molar-refractivity contribution in [1.29, 1.82) is 0 Å². The molecule has 2 N–H and O–H groups in total. The quantitative estimate of drug-likeness (QED) is 0.461. The van der Waals surface area contributed by atoms with Crippen molar-refractivity contribution in [2.24, 2.45) is 0 Å². The Morgan fingerprint density at radius 2 is 1.97 bits per heavy atom. The Labute approximate surface area is 184 Å². The van der Waals surface area contributed by atoms with Crippen molar-refractivity contribution in [2.45, 2.75) is 32.7 Å². The highest BCUT2D eigenvalue weighted by Crippen LogP contribution is 2.20. The highest BCUT2D eigenvalue weighted by Gasteiger charge is 2.15. The van der Waals surface area contributed by atoms with E-state index in [1.54, 1.807) is 13.2 Å². The van der Waals surface area contributed by atoms with Gasteiger partial charge in [-0.3, -0.25) is 9.59 Å². The van der Waals surface area contributed by atoms with Crippen LogP contribution in [0.2, 0.25) is 0 Å². The molecule has 0 spiro atoms. The molecule has 0 saturated carbocycles. The van der Waals surface area contributed by atoms with Crippen LogP contribution < -0.4 is 15.6 Å². The fourth-order valence-corrected chi connectivity index (χ4v) is 3.47. The second-order valence-corrected chi connectivity index (χ2v) is 7.68. The normalized spacial score (nSPS) is 12.0. The first-order valence-corrected chi connectivity index (χ1v) is 10.3. The number of amides is 1. The van der Waals surface area contributed by atoms with Gasteiger partial charge >= 0.3 is 0 Å². The maximum absolute atomic E-state index is 12.4. The molecule has 8 heteroatoms. The van der Waals surface area contributed by atoms with Gasteiger partial charge < -0.3 is 19.6 Å². The molecule has 0 unspecified atom stereocenters. The first-order chi connectivity index (χ1) is 15.4. The third-order valence-electron chi connectivity index (χ3n) is 5.27. The Hall–Kier alpha value is -3.94. The number of rotatable bonds is 7. The molecule has 164 valence electrons. The van der Waals surface area contributed by atoms with E-state index >= 15 is 0 Å². The van der Waals surface area contributed by atoms with E-state index in [1.807, 2.05) is 56.3 Å². The van der Waals surface area contributed by atoms with Gasteiger partial charge in [-0.25, -0.2) is 0 Å². The Morgan fingerprint density at radius 3 is 2.72 bits per heavy atom. The summed E-state index contributed by atoms with van der Waals surface area (Å²) in [6, 6.07) is 14.9. The first kappa shape index (κ1) is 21.3. The Bertz CT molecular complexity index is 1310. The van der Waals surface area contributed by atoms with E-state index in [1.165, 1.54) is 0 Å². The Balaban J connectivity index is 1.40. The van der Waals surface area contributed by atoms with Crippen LogP contribution in [0.25, 0.3) is 22.3 Å². The smallest absolute Gasteiger partial charge is 0.259 e. The summed E-state index contributed by atoms with van der Waals surface area (Å²) in [7, 11) is 1.61. The van der Waals surface area contributed by atoms with E-state index in [9.17, 15) is 9.59 Å². The Morgan fingerprint density at radius 1 is 1.19 bits per heavy atom. The number of nitrogens with zero attached hydrogens (tertiary/aromatic N) is 2. The second kappa shape index (κ2) is 9.05. The van der Waals surface area contributed by atoms with Gasteiger partial charge in [0, 0.05) is 18.4 Å². The summed E-state index contributed by atoms with van der Waals surface area (Å²) in [6.07, 6.45) is 0.466. The lowest BCUT2D eigenvalue weighted by molar-refractivity contribution is -0.121. The number of methoxy groups -OCH3 is 1. The van der Waals surface area contributed by atoms with Crippen molar-refractivity contribution in [3.8, 4) is 17.1 Å². The number of carbonyl (C=O) groups is 1. The highest BCUT2D eigenvalue weighted by molar-refractivity contribution is 5.83. The predicted octanol–water partition coefficient (Wildman–Crippen LogP) is 3.71. The minimum Gasteiger partial charge on any atom is -0.497 e. The zero-order valence-electron chi connectivity index (χ0n) is 18.1. The van der Waals surface area contributed by atoms with Crippen LogP contribution in [0, 0.1) is 6.92 Å². The number of pyridine rings is 1. The van der Waals surface area contributed by atoms with E-state index in [0.717, 1.165) is 27.8 Å². The molecule has 0 aliphatic carbocycles. The zero-order valence-corrected chi connectivity index (χ0v) is 18.1. The minimum absolute atomic E-state index is 0.132. The highest BCUT2D eigenvalue weighted by atomic mass is 16.5. The number of hydrogen-bond acceptors (Lipinski definition) is 6.